The van der Waals surface area contributed by atoms with Gasteiger partial charge in [-0.3, -0.25) is 0 Å². The molecule has 24 heavy (non-hydrogen) atoms. The van der Waals surface area contributed by atoms with Gasteiger partial charge in [-0.1, -0.05) is 29.3 Å². The van der Waals surface area contributed by atoms with Crippen LogP contribution in [-0.2, 0) is 6.54 Å². The molecule has 0 bridgehead atoms. The number of thiocarbonyl (C=S) groups is 1. The molecule has 6 heteroatoms. The number of benzene rings is 2. The largest absolute Gasteiger partial charge is 0.372 e. The van der Waals surface area contributed by atoms with Gasteiger partial charge in [0, 0.05) is 31.0 Å². The van der Waals surface area contributed by atoms with Crippen molar-refractivity contribution in [2.45, 2.75) is 20.4 Å². The van der Waals surface area contributed by atoms with Crippen LogP contribution in [0.2, 0.25) is 10.0 Å². The summed E-state index contributed by atoms with van der Waals surface area (Å²) in [6.45, 7) is 6.87. The Hall–Kier alpha value is -1.49. The summed E-state index contributed by atoms with van der Waals surface area (Å²) in [5.41, 5.74) is 3.18. The molecule has 0 saturated heterocycles. The molecule has 2 N–H and O–H groups in total. The van der Waals surface area contributed by atoms with Crippen LogP contribution in [0.4, 0.5) is 11.4 Å². The summed E-state index contributed by atoms with van der Waals surface area (Å²) in [6.07, 6.45) is 0. The maximum absolute atomic E-state index is 6.01. The van der Waals surface area contributed by atoms with Gasteiger partial charge in [-0.2, -0.15) is 0 Å². The normalized spacial score (nSPS) is 10.3. The maximum Gasteiger partial charge on any atom is 0.171 e. The summed E-state index contributed by atoms with van der Waals surface area (Å²) >= 11 is 17.3. The highest BCUT2D eigenvalue weighted by Gasteiger charge is 2.03. The van der Waals surface area contributed by atoms with E-state index in [-0.39, 0.29) is 0 Å². The molecule has 2 aromatic rings. The fourth-order valence-electron chi connectivity index (χ4n) is 2.35. The van der Waals surface area contributed by atoms with E-state index < -0.39 is 0 Å². The van der Waals surface area contributed by atoms with Crippen molar-refractivity contribution in [3.05, 3.63) is 58.1 Å². The lowest BCUT2D eigenvalue weighted by Crippen LogP contribution is -2.28. The maximum atomic E-state index is 6.01. The van der Waals surface area contributed by atoms with Gasteiger partial charge in [0.05, 0.1) is 10.0 Å². The van der Waals surface area contributed by atoms with Gasteiger partial charge in [0.25, 0.3) is 0 Å². The molecule has 0 unspecified atom stereocenters. The van der Waals surface area contributed by atoms with E-state index in [1.807, 2.05) is 24.3 Å². The van der Waals surface area contributed by atoms with Gasteiger partial charge < -0.3 is 15.5 Å². The predicted octanol–water partition coefficient (Wildman–Crippen LogP) is 5.33. The van der Waals surface area contributed by atoms with Crippen LogP contribution >= 0.6 is 35.4 Å². The van der Waals surface area contributed by atoms with Crippen LogP contribution in [0.1, 0.15) is 19.4 Å². The van der Waals surface area contributed by atoms with Crippen molar-refractivity contribution in [3.8, 4) is 0 Å². The average molecular weight is 382 g/mol. The van der Waals surface area contributed by atoms with Crippen molar-refractivity contribution < 1.29 is 0 Å². The Morgan fingerprint density at radius 1 is 1.00 bits per heavy atom. The van der Waals surface area contributed by atoms with Crippen LogP contribution in [0.15, 0.2) is 42.5 Å². The van der Waals surface area contributed by atoms with Gasteiger partial charge in [0.2, 0.25) is 0 Å². The molecule has 0 aliphatic rings. The smallest absolute Gasteiger partial charge is 0.171 e. The molecule has 0 aliphatic heterocycles. The summed E-state index contributed by atoms with van der Waals surface area (Å²) < 4.78 is 0. The zero-order valence-electron chi connectivity index (χ0n) is 13.8. The quantitative estimate of drug-likeness (QED) is 0.661. The molecule has 0 amide bonds. The molecule has 0 aromatic heterocycles. The molecular formula is C18H21Cl2N3S. The zero-order chi connectivity index (χ0) is 17.5. The second-order valence-electron chi connectivity index (χ2n) is 5.28. The molecular weight excluding hydrogens is 361 g/mol. The Kier molecular flexibility index (Phi) is 7.16. The van der Waals surface area contributed by atoms with E-state index >= 15 is 0 Å². The SMILES string of the molecule is CCN(CC)c1ccc(NC(=S)NCc2ccc(Cl)c(Cl)c2)cc1. The number of nitrogens with one attached hydrogen (secondary N) is 2. The Bertz CT molecular complexity index is 685. The van der Waals surface area contributed by atoms with E-state index in [0.717, 1.165) is 24.3 Å². The Morgan fingerprint density at radius 2 is 1.67 bits per heavy atom. The number of hydrogen-bond donors (Lipinski definition) is 2. The third kappa shape index (κ3) is 5.26. The number of rotatable bonds is 6. The van der Waals surface area contributed by atoms with Crippen LogP contribution in [0.25, 0.3) is 0 Å². The van der Waals surface area contributed by atoms with E-state index in [1.54, 1.807) is 6.07 Å². The lowest BCUT2D eigenvalue weighted by molar-refractivity contribution is 0.866. The summed E-state index contributed by atoms with van der Waals surface area (Å²) in [7, 11) is 0. The standard InChI is InChI=1S/C18H21Cl2N3S/c1-3-23(4-2)15-8-6-14(7-9-15)22-18(24)21-12-13-5-10-16(19)17(20)11-13/h5-11H,3-4,12H2,1-2H3,(H2,21,22,24). The molecule has 128 valence electrons. The molecule has 0 atom stereocenters. The van der Waals surface area contributed by atoms with Crippen molar-refractivity contribution in [2.75, 3.05) is 23.3 Å². The Balaban J connectivity index is 1.88. The monoisotopic (exact) mass is 381 g/mol. The first-order valence-electron chi connectivity index (χ1n) is 7.87. The van der Waals surface area contributed by atoms with Crippen LogP contribution in [0, 0.1) is 0 Å². The third-order valence-electron chi connectivity index (χ3n) is 3.69. The second kappa shape index (κ2) is 9.11. The molecule has 0 saturated carbocycles. The van der Waals surface area contributed by atoms with Gasteiger partial charge in [0.1, 0.15) is 0 Å². The number of hydrogen-bond acceptors (Lipinski definition) is 2. The van der Waals surface area contributed by atoms with Crippen molar-refractivity contribution in [1.29, 1.82) is 0 Å². The predicted molar refractivity (Wildman–Crippen MR) is 110 cm³/mol. The van der Waals surface area contributed by atoms with Gasteiger partial charge in [-0.25, -0.2) is 0 Å². The van der Waals surface area contributed by atoms with Crippen LogP contribution in [-0.4, -0.2) is 18.2 Å². The van der Waals surface area contributed by atoms with E-state index in [0.29, 0.717) is 21.7 Å². The van der Waals surface area contributed by atoms with E-state index in [2.05, 4.69) is 41.5 Å². The van der Waals surface area contributed by atoms with Gasteiger partial charge in [-0.05, 0) is 68.0 Å². The topological polar surface area (TPSA) is 27.3 Å². The van der Waals surface area contributed by atoms with Crippen LogP contribution in [0.5, 0.6) is 0 Å². The molecule has 0 spiro atoms. The van der Waals surface area contributed by atoms with Crippen LogP contribution < -0.4 is 15.5 Å². The first-order chi connectivity index (χ1) is 11.5. The Labute approximate surface area is 159 Å². The summed E-state index contributed by atoms with van der Waals surface area (Å²) in [6, 6.07) is 13.8. The van der Waals surface area contributed by atoms with Crippen molar-refractivity contribution in [2.24, 2.45) is 0 Å². The minimum atomic E-state index is 0.543. The van der Waals surface area contributed by atoms with Crippen molar-refractivity contribution >= 4 is 51.9 Å². The molecule has 0 fully saturated rings. The fraction of sp³-hybridized carbons (Fsp3) is 0.278. The van der Waals surface area contributed by atoms with E-state index in [4.69, 9.17) is 35.4 Å². The minimum Gasteiger partial charge on any atom is -0.372 e. The highest BCUT2D eigenvalue weighted by Crippen LogP contribution is 2.22. The van der Waals surface area contributed by atoms with Gasteiger partial charge >= 0.3 is 0 Å². The summed E-state index contributed by atoms with van der Waals surface area (Å²) in [4.78, 5) is 2.30. The van der Waals surface area contributed by atoms with Crippen LogP contribution in [0.3, 0.4) is 0 Å². The summed E-state index contributed by atoms with van der Waals surface area (Å²) in [5.74, 6) is 0. The van der Waals surface area contributed by atoms with Gasteiger partial charge in [-0.15, -0.1) is 0 Å². The number of nitrogens with zero attached hydrogens (tertiary/aromatic N) is 1. The van der Waals surface area contributed by atoms with Crippen molar-refractivity contribution in [1.82, 2.24) is 5.32 Å². The van der Waals surface area contributed by atoms with E-state index in [9.17, 15) is 0 Å². The van der Waals surface area contributed by atoms with E-state index in [1.165, 1.54) is 5.69 Å². The number of halogens is 2. The summed E-state index contributed by atoms with van der Waals surface area (Å²) in [5, 5.41) is 8.01. The lowest BCUT2D eigenvalue weighted by Gasteiger charge is -2.21. The minimum absolute atomic E-state index is 0.543. The van der Waals surface area contributed by atoms with Crippen molar-refractivity contribution in [3.63, 3.8) is 0 Å². The fourth-order valence-corrected chi connectivity index (χ4v) is 2.86. The zero-order valence-corrected chi connectivity index (χ0v) is 16.1. The highest BCUT2D eigenvalue weighted by molar-refractivity contribution is 7.80. The molecule has 3 nitrogen and oxygen atoms in total. The Morgan fingerprint density at radius 3 is 2.25 bits per heavy atom. The lowest BCUT2D eigenvalue weighted by atomic mass is 10.2. The highest BCUT2D eigenvalue weighted by atomic mass is 35.5. The molecule has 0 aliphatic carbocycles. The third-order valence-corrected chi connectivity index (χ3v) is 4.68. The van der Waals surface area contributed by atoms with Gasteiger partial charge in [0.15, 0.2) is 5.11 Å². The second-order valence-corrected chi connectivity index (χ2v) is 6.50. The first kappa shape index (κ1) is 18.8. The molecule has 0 heterocycles. The number of anilines is 2. The first-order valence-corrected chi connectivity index (χ1v) is 9.03. The molecule has 2 aromatic carbocycles. The molecule has 0 radical (unpaired) electrons. The average Bonchev–Trinajstić information content (AvgIpc) is 2.58. The molecule has 2 rings (SSSR count).